The first-order valence-electron chi connectivity index (χ1n) is 8.97. The fourth-order valence-electron chi connectivity index (χ4n) is 3.14. The molecule has 0 radical (unpaired) electrons. The molecule has 1 N–H and O–H groups in total. The maximum absolute atomic E-state index is 4.62. The summed E-state index contributed by atoms with van der Waals surface area (Å²) < 4.78 is 0. The van der Waals surface area contributed by atoms with Crippen LogP contribution in [0.15, 0.2) is 66.9 Å². The van der Waals surface area contributed by atoms with Crippen molar-refractivity contribution < 1.29 is 0 Å². The van der Waals surface area contributed by atoms with Gasteiger partial charge in [0.2, 0.25) is 5.95 Å². The van der Waals surface area contributed by atoms with Gasteiger partial charge >= 0.3 is 0 Å². The van der Waals surface area contributed by atoms with Gasteiger partial charge in [-0.1, -0.05) is 30.3 Å². The van der Waals surface area contributed by atoms with E-state index in [1.54, 1.807) is 6.20 Å². The number of likely N-dealkylation sites (N-methyl/N-ethyl adjacent to an activating group) is 1. The molecule has 0 unspecified atom stereocenters. The molecular formula is C21H23N5. The summed E-state index contributed by atoms with van der Waals surface area (Å²) in [6, 6.07) is 20.6. The zero-order valence-electron chi connectivity index (χ0n) is 15.0. The minimum atomic E-state index is 0.610. The average molecular weight is 345 g/mol. The number of rotatable bonds is 4. The molecule has 1 fully saturated rings. The molecule has 4 rings (SSSR count). The number of piperazine rings is 1. The lowest BCUT2D eigenvalue weighted by Gasteiger charge is -2.34. The summed E-state index contributed by atoms with van der Waals surface area (Å²) in [6.07, 6.45) is 1.79. The number of hydrogen-bond acceptors (Lipinski definition) is 5. The summed E-state index contributed by atoms with van der Waals surface area (Å²) in [7, 11) is 2.17. The Morgan fingerprint density at radius 1 is 0.846 bits per heavy atom. The van der Waals surface area contributed by atoms with E-state index in [-0.39, 0.29) is 0 Å². The van der Waals surface area contributed by atoms with Gasteiger partial charge in [0.15, 0.2) is 0 Å². The molecule has 1 aliphatic heterocycles. The Balaban J connectivity index is 1.46. The highest BCUT2D eigenvalue weighted by Gasteiger charge is 2.14. The van der Waals surface area contributed by atoms with Crippen molar-refractivity contribution in [2.45, 2.75) is 0 Å². The van der Waals surface area contributed by atoms with Crippen LogP contribution in [-0.2, 0) is 0 Å². The van der Waals surface area contributed by atoms with Crippen molar-refractivity contribution in [2.24, 2.45) is 0 Å². The molecule has 0 aliphatic carbocycles. The van der Waals surface area contributed by atoms with Gasteiger partial charge in [-0.25, -0.2) is 9.97 Å². The number of hydrogen-bond donors (Lipinski definition) is 1. The molecule has 0 amide bonds. The largest absolute Gasteiger partial charge is 0.369 e. The molecule has 2 aromatic carbocycles. The van der Waals surface area contributed by atoms with E-state index in [9.17, 15) is 0 Å². The highest BCUT2D eigenvalue weighted by molar-refractivity contribution is 5.63. The Kier molecular flexibility index (Phi) is 4.80. The number of anilines is 3. The summed E-state index contributed by atoms with van der Waals surface area (Å²) in [4.78, 5) is 13.8. The lowest BCUT2D eigenvalue weighted by atomic mass is 10.1. The second kappa shape index (κ2) is 7.54. The maximum atomic E-state index is 4.62. The third-order valence-electron chi connectivity index (χ3n) is 4.72. The minimum Gasteiger partial charge on any atom is -0.369 e. The van der Waals surface area contributed by atoms with Gasteiger partial charge < -0.3 is 15.1 Å². The molecule has 132 valence electrons. The van der Waals surface area contributed by atoms with Gasteiger partial charge in [-0.05, 0) is 37.4 Å². The predicted molar refractivity (Wildman–Crippen MR) is 107 cm³/mol. The van der Waals surface area contributed by atoms with Crippen LogP contribution in [0.3, 0.4) is 0 Å². The van der Waals surface area contributed by atoms with Gasteiger partial charge in [-0.15, -0.1) is 0 Å². The molecule has 3 aromatic rings. The van der Waals surface area contributed by atoms with Crippen molar-refractivity contribution in [1.29, 1.82) is 0 Å². The molecule has 5 nitrogen and oxygen atoms in total. The van der Waals surface area contributed by atoms with Crippen LogP contribution in [-0.4, -0.2) is 48.1 Å². The standard InChI is InChI=1S/C21H23N5/c1-25-13-15-26(16-14-25)19-9-7-18(8-10-19)23-21-22-12-11-20(24-21)17-5-3-2-4-6-17/h2-12H,13-16H2,1H3,(H,22,23,24). The van der Waals surface area contributed by atoms with Crippen LogP contribution in [0.4, 0.5) is 17.3 Å². The summed E-state index contributed by atoms with van der Waals surface area (Å²) in [5.41, 5.74) is 4.26. The van der Waals surface area contributed by atoms with E-state index < -0.39 is 0 Å². The number of nitrogens with zero attached hydrogens (tertiary/aromatic N) is 4. The summed E-state index contributed by atoms with van der Waals surface area (Å²) >= 11 is 0. The first-order valence-corrected chi connectivity index (χ1v) is 8.97. The van der Waals surface area contributed by atoms with Crippen LogP contribution >= 0.6 is 0 Å². The molecule has 1 aromatic heterocycles. The average Bonchev–Trinajstić information content (AvgIpc) is 2.70. The Morgan fingerprint density at radius 2 is 1.58 bits per heavy atom. The van der Waals surface area contributed by atoms with Gasteiger partial charge in [0.1, 0.15) is 0 Å². The fraction of sp³-hybridized carbons (Fsp3) is 0.238. The third kappa shape index (κ3) is 3.83. The second-order valence-electron chi connectivity index (χ2n) is 6.59. The summed E-state index contributed by atoms with van der Waals surface area (Å²) in [6.45, 7) is 4.37. The normalized spacial score (nSPS) is 15.0. The zero-order chi connectivity index (χ0) is 17.8. The predicted octanol–water partition coefficient (Wildman–Crippen LogP) is 3.64. The van der Waals surface area contributed by atoms with Crippen LogP contribution in [0.5, 0.6) is 0 Å². The van der Waals surface area contributed by atoms with Crippen LogP contribution < -0.4 is 10.2 Å². The lowest BCUT2D eigenvalue weighted by molar-refractivity contribution is 0.313. The first kappa shape index (κ1) is 16.5. The van der Waals surface area contributed by atoms with E-state index in [1.807, 2.05) is 24.3 Å². The van der Waals surface area contributed by atoms with Crippen molar-refractivity contribution in [3.63, 3.8) is 0 Å². The highest BCUT2D eigenvalue weighted by atomic mass is 15.2. The monoisotopic (exact) mass is 345 g/mol. The Bertz CT molecular complexity index is 840. The summed E-state index contributed by atoms with van der Waals surface area (Å²) in [5.74, 6) is 0.610. The van der Waals surface area contributed by atoms with Crippen molar-refractivity contribution in [3.05, 3.63) is 66.9 Å². The van der Waals surface area contributed by atoms with E-state index in [0.717, 1.165) is 43.1 Å². The molecular weight excluding hydrogens is 322 g/mol. The van der Waals surface area contributed by atoms with Crippen LogP contribution in [0, 0.1) is 0 Å². The fourth-order valence-corrected chi connectivity index (χ4v) is 3.14. The SMILES string of the molecule is CN1CCN(c2ccc(Nc3nccc(-c4ccccc4)n3)cc2)CC1. The van der Waals surface area contributed by atoms with Crippen molar-refractivity contribution >= 4 is 17.3 Å². The van der Waals surface area contributed by atoms with E-state index in [1.165, 1.54) is 5.69 Å². The molecule has 0 saturated carbocycles. The molecule has 5 heteroatoms. The summed E-state index contributed by atoms with van der Waals surface area (Å²) in [5, 5.41) is 3.30. The molecule has 2 heterocycles. The van der Waals surface area contributed by atoms with Crippen LogP contribution in [0.25, 0.3) is 11.3 Å². The van der Waals surface area contributed by atoms with Gasteiger partial charge in [0, 0.05) is 49.3 Å². The maximum Gasteiger partial charge on any atom is 0.227 e. The van der Waals surface area contributed by atoms with Crippen LogP contribution in [0.1, 0.15) is 0 Å². The quantitative estimate of drug-likeness (QED) is 0.782. The van der Waals surface area contributed by atoms with Gasteiger partial charge in [-0.3, -0.25) is 0 Å². The molecule has 1 saturated heterocycles. The van der Waals surface area contributed by atoms with Gasteiger partial charge in [0.05, 0.1) is 5.69 Å². The van der Waals surface area contributed by atoms with Gasteiger partial charge in [0.25, 0.3) is 0 Å². The van der Waals surface area contributed by atoms with Gasteiger partial charge in [-0.2, -0.15) is 0 Å². The number of nitrogens with one attached hydrogen (secondary N) is 1. The van der Waals surface area contributed by atoms with Crippen molar-refractivity contribution in [3.8, 4) is 11.3 Å². The zero-order valence-corrected chi connectivity index (χ0v) is 15.0. The molecule has 1 aliphatic rings. The van der Waals surface area contributed by atoms with E-state index in [0.29, 0.717) is 5.95 Å². The lowest BCUT2D eigenvalue weighted by Crippen LogP contribution is -2.44. The Labute approximate surface area is 154 Å². The van der Waals surface area contributed by atoms with Crippen molar-refractivity contribution in [1.82, 2.24) is 14.9 Å². The smallest absolute Gasteiger partial charge is 0.227 e. The van der Waals surface area contributed by atoms with E-state index in [2.05, 4.69) is 68.5 Å². The molecule has 0 bridgehead atoms. The van der Waals surface area contributed by atoms with Crippen LogP contribution in [0.2, 0.25) is 0 Å². The minimum absolute atomic E-state index is 0.610. The van der Waals surface area contributed by atoms with E-state index in [4.69, 9.17) is 0 Å². The molecule has 26 heavy (non-hydrogen) atoms. The third-order valence-corrected chi connectivity index (χ3v) is 4.72. The Morgan fingerprint density at radius 3 is 2.31 bits per heavy atom. The molecule has 0 atom stereocenters. The topological polar surface area (TPSA) is 44.3 Å². The second-order valence-corrected chi connectivity index (χ2v) is 6.59. The number of benzene rings is 2. The van der Waals surface area contributed by atoms with Crippen molar-refractivity contribution in [2.75, 3.05) is 43.4 Å². The number of aromatic nitrogens is 2. The molecule has 0 spiro atoms. The highest BCUT2D eigenvalue weighted by Crippen LogP contribution is 2.22. The Hall–Kier alpha value is -2.92. The van der Waals surface area contributed by atoms with E-state index >= 15 is 0 Å². The first-order chi connectivity index (χ1) is 12.8.